The van der Waals surface area contributed by atoms with Gasteiger partial charge in [-0.25, -0.2) is 0 Å². The number of benzene rings is 1. The summed E-state index contributed by atoms with van der Waals surface area (Å²) in [6.07, 6.45) is 0.0431. The summed E-state index contributed by atoms with van der Waals surface area (Å²) in [7, 11) is 0. The van der Waals surface area contributed by atoms with Crippen LogP contribution < -0.4 is 10.1 Å². The molecule has 2 unspecified atom stereocenters. The number of aliphatic hydroxyl groups excluding tert-OH is 2. The molecule has 1 rings (SSSR count). The SMILES string of the molecule is CC(C)C(CCO)NCC(O)COc1ccc(C#N)cc1. The molecule has 1 aromatic carbocycles. The number of nitrogens with one attached hydrogen (secondary N) is 1. The number of nitrogens with zero attached hydrogens (tertiary/aromatic N) is 1. The van der Waals surface area contributed by atoms with Crippen molar-refractivity contribution >= 4 is 0 Å². The summed E-state index contributed by atoms with van der Waals surface area (Å²) in [6.45, 7) is 4.88. The Labute approximate surface area is 126 Å². The third kappa shape index (κ3) is 6.58. The van der Waals surface area contributed by atoms with Crippen molar-refractivity contribution in [2.45, 2.75) is 32.4 Å². The lowest BCUT2D eigenvalue weighted by atomic mass is 10.0. The highest BCUT2D eigenvalue weighted by Gasteiger charge is 2.14. The van der Waals surface area contributed by atoms with Gasteiger partial charge in [0.15, 0.2) is 0 Å². The summed E-state index contributed by atoms with van der Waals surface area (Å²) < 4.78 is 5.47. The highest BCUT2D eigenvalue weighted by atomic mass is 16.5. The topological polar surface area (TPSA) is 85.5 Å². The number of rotatable bonds is 9. The first kappa shape index (κ1) is 17.4. The monoisotopic (exact) mass is 292 g/mol. The van der Waals surface area contributed by atoms with E-state index in [1.165, 1.54) is 0 Å². The number of hydrogen-bond acceptors (Lipinski definition) is 5. The third-order valence-electron chi connectivity index (χ3n) is 3.29. The van der Waals surface area contributed by atoms with Gasteiger partial charge in [-0.15, -0.1) is 0 Å². The molecule has 0 aliphatic carbocycles. The molecule has 5 nitrogen and oxygen atoms in total. The largest absolute Gasteiger partial charge is 0.491 e. The number of hydrogen-bond donors (Lipinski definition) is 3. The van der Waals surface area contributed by atoms with E-state index in [4.69, 9.17) is 15.1 Å². The van der Waals surface area contributed by atoms with Crippen molar-refractivity contribution in [1.29, 1.82) is 5.26 Å². The molecule has 0 aliphatic heterocycles. The van der Waals surface area contributed by atoms with Crippen molar-refractivity contribution in [3.05, 3.63) is 29.8 Å². The minimum absolute atomic E-state index is 0.133. The Morgan fingerprint density at radius 2 is 1.95 bits per heavy atom. The van der Waals surface area contributed by atoms with Gasteiger partial charge in [-0.3, -0.25) is 0 Å². The molecule has 116 valence electrons. The summed E-state index contributed by atoms with van der Waals surface area (Å²) in [6, 6.07) is 8.99. The number of ether oxygens (including phenoxy) is 1. The molecule has 0 aromatic heterocycles. The Balaban J connectivity index is 2.32. The average molecular weight is 292 g/mol. The summed E-state index contributed by atoms with van der Waals surface area (Å²) in [5.74, 6) is 1.02. The molecule has 5 heteroatoms. The minimum atomic E-state index is -0.624. The molecule has 0 radical (unpaired) electrons. The van der Waals surface area contributed by atoms with E-state index < -0.39 is 6.10 Å². The molecule has 0 amide bonds. The molecule has 0 fully saturated rings. The van der Waals surface area contributed by atoms with Crippen LogP contribution in [0.3, 0.4) is 0 Å². The van der Waals surface area contributed by atoms with Crippen molar-refractivity contribution < 1.29 is 14.9 Å². The smallest absolute Gasteiger partial charge is 0.119 e. The molecular weight excluding hydrogens is 268 g/mol. The Hall–Kier alpha value is -1.61. The van der Waals surface area contributed by atoms with E-state index >= 15 is 0 Å². The van der Waals surface area contributed by atoms with Gasteiger partial charge in [0.1, 0.15) is 18.5 Å². The van der Waals surface area contributed by atoms with Gasteiger partial charge in [0.25, 0.3) is 0 Å². The lowest BCUT2D eigenvalue weighted by molar-refractivity contribution is 0.0995. The van der Waals surface area contributed by atoms with Crippen LogP contribution in [0.25, 0.3) is 0 Å². The van der Waals surface area contributed by atoms with Crippen molar-refractivity contribution in [1.82, 2.24) is 5.32 Å². The van der Waals surface area contributed by atoms with Crippen LogP contribution in [0.5, 0.6) is 5.75 Å². The molecule has 0 saturated heterocycles. The fourth-order valence-electron chi connectivity index (χ4n) is 1.97. The highest BCUT2D eigenvalue weighted by molar-refractivity contribution is 5.34. The maximum absolute atomic E-state index is 9.91. The molecule has 0 bridgehead atoms. The Bertz CT molecular complexity index is 440. The van der Waals surface area contributed by atoms with E-state index in [0.29, 0.717) is 30.2 Å². The van der Waals surface area contributed by atoms with Crippen LogP contribution in [0.2, 0.25) is 0 Å². The molecule has 2 atom stereocenters. The van der Waals surface area contributed by atoms with Crippen LogP contribution in [0.1, 0.15) is 25.8 Å². The van der Waals surface area contributed by atoms with Crippen molar-refractivity contribution in [3.8, 4) is 11.8 Å². The number of nitriles is 1. The lowest BCUT2D eigenvalue weighted by Gasteiger charge is -2.23. The van der Waals surface area contributed by atoms with E-state index in [0.717, 1.165) is 0 Å². The van der Waals surface area contributed by atoms with Crippen LogP contribution in [0.4, 0.5) is 0 Å². The van der Waals surface area contributed by atoms with Gasteiger partial charge >= 0.3 is 0 Å². The van der Waals surface area contributed by atoms with Gasteiger partial charge in [0, 0.05) is 19.2 Å². The van der Waals surface area contributed by atoms with Crippen LogP contribution in [-0.4, -0.2) is 42.1 Å². The summed E-state index contributed by atoms with van der Waals surface area (Å²) >= 11 is 0. The first-order valence-electron chi connectivity index (χ1n) is 7.22. The first-order chi connectivity index (χ1) is 10.1. The van der Waals surface area contributed by atoms with Gasteiger partial charge in [0.05, 0.1) is 11.6 Å². The van der Waals surface area contributed by atoms with Crippen LogP contribution in [0.15, 0.2) is 24.3 Å². The van der Waals surface area contributed by atoms with E-state index in [1.807, 2.05) is 6.07 Å². The molecule has 3 N–H and O–H groups in total. The summed E-state index contributed by atoms with van der Waals surface area (Å²) in [4.78, 5) is 0. The predicted molar refractivity (Wildman–Crippen MR) is 81.0 cm³/mol. The zero-order valence-electron chi connectivity index (χ0n) is 12.6. The molecule has 1 aromatic rings. The quantitative estimate of drug-likeness (QED) is 0.638. The van der Waals surface area contributed by atoms with E-state index in [9.17, 15) is 5.11 Å². The second-order valence-corrected chi connectivity index (χ2v) is 5.37. The van der Waals surface area contributed by atoms with Crippen molar-refractivity contribution in [2.75, 3.05) is 19.8 Å². The fourth-order valence-corrected chi connectivity index (χ4v) is 1.97. The zero-order valence-corrected chi connectivity index (χ0v) is 12.6. The maximum Gasteiger partial charge on any atom is 0.119 e. The lowest BCUT2D eigenvalue weighted by Crippen LogP contribution is -2.41. The molecular formula is C16H24N2O3. The third-order valence-corrected chi connectivity index (χ3v) is 3.29. The Morgan fingerprint density at radius 3 is 2.48 bits per heavy atom. The zero-order chi connectivity index (χ0) is 15.7. The van der Waals surface area contributed by atoms with Gasteiger partial charge in [-0.2, -0.15) is 5.26 Å². The normalized spacial score (nSPS) is 13.7. The molecule has 0 aliphatic rings. The highest BCUT2D eigenvalue weighted by Crippen LogP contribution is 2.12. The van der Waals surface area contributed by atoms with E-state index in [1.54, 1.807) is 24.3 Å². The standard InChI is InChI=1S/C16H24N2O3/c1-12(2)16(7-8-19)18-10-14(20)11-21-15-5-3-13(9-17)4-6-15/h3-6,12,14,16,18-20H,7-8,10-11H2,1-2H3. The Kier molecular flexibility index (Phi) is 7.76. The van der Waals surface area contributed by atoms with Crippen LogP contribution in [-0.2, 0) is 0 Å². The van der Waals surface area contributed by atoms with E-state index in [-0.39, 0.29) is 19.3 Å². The minimum Gasteiger partial charge on any atom is -0.491 e. The average Bonchev–Trinajstić information content (AvgIpc) is 2.49. The maximum atomic E-state index is 9.91. The second-order valence-electron chi connectivity index (χ2n) is 5.37. The molecule has 21 heavy (non-hydrogen) atoms. The molecule has 0 saturated carbocycles. The Morgan fingerprint density at radius 1 is 1.29 bits per heavy atom. The van der Waals surface area contributed by atoms with Gasteiger partial charge in [-0.05, 0) is 36.6 Å². The van der Waals surface area contributed by atoms with Gasteiger partial charge < -0.3 is 20.3 Å². The summed E-state index contributed by atoms with van der Waals surface area (Å²) in [5.41, 5.74) is 0.577. The first-order valence-corrected chi connectivity index (χ1v) is 7.22. The fraction of sp³-hybridized carbons (Fsp3) is 0.562. The predicted octanol–water partition coefficient (Wildman–Crippen LogP) is 1.29. The second kappa shape index (κ2) is 9.35. The number of aliphatic hydroxyl groups is 2. The van der Waals surface area contributed by atoms with E-state index in [2.05, 4.69) is 19.2 Å². The molecule has 0 heterocycles. The van der Waals surface area contributed by atoms with Crippen LogP contribution >= 0.6 is 0 Å². The van der Waals surface area contributed by atoms with Gasteiger partial charge in [-0.1, -0.05) is 13.8 Å². The van der Waals surface area contributed by atoms with Gasteiger partial charge in [0.2, 0.25) is 0 Å². The van der Waals surface area contributed by atoms with Crippen LogP contribution in [0, 0.1) is 17.2 Å². The van der Waals surface area contributed by atoms with Crippen molar-refractivity contribution in [3.63, 3.8) is 0 Å². The molecule has 0 spiro atoms. The van der Waals surface area contributed by atoms with Crippen molar-refractivity contribution in [2.24, 2.45) is 5.92 Å². The summed E-state index contributed by atoms with van der Waals surface area (Å²) in [5, 5.41) is 30.8.